The van der Waals surface area contributed by atoms with Crippen molar-refractivity contribution < 1.29 is 19.2 Å². The van der Waals surface area contributed by atoms with E-state index in [9.17, 15) is 15.2 Å². The van der Waals surface area contributed by atoms with Gasteiger partial charge in [0.15, 0.2) is 0 Å². The molecule has 1 aromatic heterocycles. The van der Waals surface area contributed by atoms with Gasteiger partial charge in [-0.25, -0.2) is 0 Å². The lowest BCUT2D eigenvalue weighted by Gasteiger charge is -2.24. The Labute approximate surface area is 205 Å². The van der Waals surface area contributed by atoms with Crippen LogP contribution in [-0.2, 0) is 4.79 Å². The van der Waals surface area contributed by atoms with Crippen molar-refractivity contribution in [3.05, 3.63) is 59.5 Å². The number of aromatic nitrogens is 2. The van der Waals surface area contributed by atoms with Gasteiger partial charge in [0.05, 0.1) is 23.8 Å². The lowest BCUT2D eigenvalue weighted by molar-refractivity contribution is -0.128. The number of aliphatic hydroxyl groups is 1. The molecule has 2 heterocycles. The third-order valence-electron chi connectivity index (χ3n) is 6.60. The van der Waals surface area contributed by atoms with Crippen molar-refractivity contribution in [2.24, 2.45) is 5.41 Å². The van der Waals surface area contributed by atoms with Gasteiger partial charge < -0.3 is 19.3 Å². The summed E-state index contributed by atoms with van der Waals surface area (Å²) in [5.41, 5.74) is 3.32. The molecule has 0 radical (unpaired) electrons. The second-order valence-corrected chi connectivity index (χ2v) is 9.28. The summed E-state index contributed by atoms with van der Waals surface area (Å²) in [5, 5.41) is 23.2. The van der Waals surface area contributed by atoms with Crippen molar-refractivity contribution in [3.8, 4) is 23.3 Å². The number of nitriles is 1. The van der Waals surface area contributed by atoms with Gasteiger partial charge in [-0.05, 0) is 63.0 Å². The van der Waals surface area contributed by atoms with E-state index < -0.39 is 0 Å². The van der Waals surface area contributed by atoms with Crippen molar-refractivity contribution >= 4 is 11.5 Å². The number of aliphatic hydroxyl groups excluding tert-OH is 1. The summed E-state index contributed by atoms with van der Waals surface area (Å²) >= 11 is 0. The average Bonchev–Trinajstić information content (AvgIpc) is 3.51. The predicted molar refractivity (Wildman–Crippen MR) is 131 cm³/mol. The molecule has 1 atom stereocenters. The average molecular weight is 475 g/mol. The van der Waals surface area contributed by atoms with E-state index in [0.29, 0.717) is 42.2 Å². The Morgan fingerprint density at radius 1 is 1.46 bits per heavy atom. The van der Waals surface area contributed by atoms with Gasteiger partial charge >= 0.3 is 0 Å². The first-order valence-corrected chi connectivity index (χ1v) is 11.8. The molecule has 1 aliphatic heterocycles. The Bertz CT molecular complexity index is 1250. The van der Waals surface area contributed by atoms with E-state index in [4.69, 9.17) is 9.26 Å². The van der Waals surface area contributed by atoms with Gasteiger partial charge in [0.2, 0.25) is 11.7 Å². The molecule has 2 aromatic rings. The zero-order valence-corrected chi connectivity index (χ0v) is 20.4. The van der Waals surface area contributed by atoms with Crippen molar-refractivity contribution in [1.82, 2.24) is 15.0 Å². The van der Waals surface area contributed by atoms with E-state index >= 15 is 0 Å². The van der Waals surface area contributed by atoms with Crippen molar-refractivity contribution in [1.29, 1.82) is 5.26 Å². The zero-order valence-electron chi connectivity index (χ0n) is 20.4. The summed E-state index contributed by atoms with van der Waals surface area (Å²) < 4.78 is 11.3. The molecule has 8 nitrogen and oxygen atoms in total. The van der Waals surface area contributed by atoms with Crippen molar-refractivity contribution in [2.45, 2.75) is 46.1 Å². The Balaban J connectivity index is 1.68. The number of hydrogen-bond donors (Lipinski definition) is 1. The molecule has 2 fully saturated rings. The summed E-state index contributed by atoms with van der Waals surface area (Å²) in [6.07, 6.45) is 5.77. The molecular formula is C27H30N4O4. The fourth-order valence-corrected chi connectivity index (χ4v) is 4.95. The highest BCUT2D eigenvalue weighted by Crippen LogP contribution is 2.53. The number of likely N-dealkylation sites (tertiary alicyclic amines) is 1. The Hall–Kier alpha value is -3.70. The quantitative estimate of drug-likeness (QED) is 0.637. The molecule has 1 aliphatic carbocycles. The first-order valence-electron chi connectivity index (χ1n) is 11.8. The summed E-state index contributed by atoms with van der Waals surface area (Å²) in [7, 11) is 0. The molecule has 35 heavy (non-hydrogen) atoms. The number of hydrogen-bond acceptors (Lipinski definition) is 7. The van der Waals surface area contributed by atoms with E-state index in [1.54, 1.807) is 23.1 Å². The minimum atomic E-state index is -0.332. The predicted octanol–water partition coefficient (Wildman–Crippen LogP) is 4.29. The zero-order chi connectivity index (χ0) is 25.2. The number of carbonyl (C=O) groups is 1. The number of amides is 1. The highest BCUT2D eigenvalue weighted by molar-refractivity contribution is 5.83. The third-order valence-corrected chi connectivity index (χ3v) is 6.60. The van der Waals surface area contributed by atoms with Crippen LogP contribution in [0, 0.1) is 16.7 Å². The SMILES string of the molecule is C=C1/C(=C(\C=C/C)c2noc(-c3ccc(OC(C)C)cc3C#N)n2)CC[C@@]12CC(=O)N(CCO)C2. The smallest absolute Gasteiger partial charge is 0.259 e. The van der Waals surface area contributed by atoms with Gasteiger partial charge in [-0.2, -0.15) is 10.2 Å². The highest BCUT2D eigenvalue weighted by atomic mass is 16.5. The van der Waals surface area contributed by atoms with E-state index in [-0.39, 0.29) is 29.9 Å². The standard InChI is InChI=1S/C27H30N4O4/c1-5-6-23(21-9-10-27(18(21)4)14-24(33)31(16-27)11-12-32)25-29-26(35-30-25)22-8-7-20(34-17(2)3)13-19(22)15-28/h5-8,13,17,32H,4,9-12,14,16H2,1-3H3/b6-5-,23-21+/t27-/m0/s1. The maximum atomic E-state index is 12.5. The molecule has 1 amide bonds. The monoisotopic (exact) mass is 474 g/mol. The van der Waals surface area contributed by atoms with Crippen LogP contribution >= 0.6 is 0 Å². The molecule has 1 aromatic carbocycles. The van der Waals surface area contributed by atoms with Crippen LogP contribution in [-0.4, -0.2) is 51.9 Å². The molecule has 1 spiro atoms. The number of benzene rings is 1. The van der Waals surface area contributed by atoms with Crippen LogP contribution in [0.15, 0.2) is 52.6 Å². The summed E-state index contributed by atoms with van der Waals surface area (Å²) in [6.45, 7) is 11.0. The van der Waals surface area contributed by atoms with Crippen LogP contribution in [0.5, 0.6) is 5.75 Å². The van der Waals surface area contributed by atoms with Crippen molar-refractivity contribution in [3.63, 3.8) is 0 Å². The number of carbonyl (C=O) groups excluding carboxylic acids is 1. The van der Waals surface area contributed by atoms with E-state index in [1.807, 2.05) is 32.9 Å². The first-order chi connectivity index (χ1) is 16.8. The second-order valence-electron chi connectivity index (χ2n) is 9.28. The minimum absolute atomic E-state index is 0.00824. The topological polar surface area (TPSA) is 112 Å². The van der Waals surface area contributed by atoms with Crippen LogP contribution in [0.25, 0.3) is 17.0 Å². The number of ether oxygens (including phenoxy) is 1. The minimum Gasteiger partial charge on any atom is -0.491 e. The summed E-state index contributed by atoms with van der Waals surface area (Å²) in [6, 6.07) is 7.38. The number of allylic oxidation sites excluding steroid dienone is 4. The maximum absolute atomic E-state index is 12.5. The van der Waals surface area contributed by atoms with E-state index in [2.05, 4.69) is 22.8 Å². The molecule has 0 bridgehead atoms. The number of rotatable bonds is 7. The third kappa shape index (κ3) is 4.64. The van der Waals surface area contributed by atoms with E-state index in [0.717, 1.165) is 29.6 Å². The fraction of sp³-hybridized carbons (Fsp3) is 0.407. The molecule has 2 aliphatic rings. The molecule has 8 heteroatoms. The van der Waals surface area contributed by atoms with Crippen LogP contribution in [0.4, 0.5) is 0 Å². The molecule has 1 N–H and O–H groups in total. The molecule has 4 rings (SSSR count). The normalized spacial score (nSPS) is 21.5. The van der Waals surface area contributed by atoms with Gasteiger partial charge in [0, 0.05) is 30.5 Å². The van der Waals surface area contributed by atoms with Gasteiger partial charge in [-0.15, -0.1) is 0 Å². The Morgan fingerprint density at radius 3 is 2.94 bits per heavy atom. The van der Waals surface area contributed by atoms with Crippen LogP contribution in [0.3, 0.4) is 0 Å². The van der Waals surface area contributed by atoms with Crippen LogP contribution in [0.1, 0.15) is 51.4 Å². The Morgan fingerprint density at radius 2 is 2.26 bits per heavy atom. The first kappa shape index (κ1) is 24.4. The summed E-state index contributed by atoms with van der Waals surface area (Å²) in [4.78, 5) is 18.9. The van der Waals surface area contributed by atoms with Crippen molar-refractivity contribution in [2.75, 3.05) is 19.7 Å². The number of nitrogens with zero attached hydrogens (tertiary/aromatic N) is 4. The number of β-amino-alcohol motifs (C(OH)–C–C–N with tert-alkyl or cyclic N) is 1. The van der Waals surface area contributed by atoms with Gasteiger partial charge in [-0.1, -0.05) is 23.9 Å². The van der Waals surface area contributed by atoms with Gasteiger partial charge in [0.25, 0.3) is 5.89 Å². The van der Waals surface area contributed by atoms with Crippen LogP contribution in [0.2, 0.25) is 0 Å². The maximum Gasteiger partial charge on any atom is 0.259 e. The lowest BCUT2D eigenvalue weighted by atomic mass is 9.81. The lowest BCUT2D eigenvalue weighted by Crippen LogP contribution is -2.30. The van der Waals surface area contributed by atoms with E-state index in [1.165, 1.54) is 0 Å². The summed E-state index contributed by atoms with van der Waals surface area (Å²) in [5.74, 6) is 1.31. The molecule has 182 valence electrons. The second kappa shape index (κ2) is 9.88. The highest BCUT2D eigenvalue weighted by Gasteiger charge is 2.49. The van der Waals surface area contributed by atoms with Gasteiger partial charge in [0.1, 0.15) is 11.8 Å². The van der Waals surface area contributed by atoms with Crippen LogP contribution < -0.4 is 4.74 Å². The molecule has 1 saturated carbocycles. The largest absolute Gasteiger partial charge is 0.491 e. The fourth-order valence-electron chi connectivity index (χ4n) is 4.95. The molecular weight excluding hydrogens is 444 g/mol. The molecule has 1 saturated heterocycles. The molecule has 0 unspecified atom stereocenters. The van der Waals surface area contributed by atoms with Gasteiger partial charge in [-0.3, -0.25) is 4.79 Å². The Kier molecular flexibility index (Phi) is 6.90.